The molecule has 0 bridgehead atoms. The Morgan fingerprint density at radius 2 is 1.71 bits per heavy atom. The number of benzene rings is 2. The van der Waals surface area contributed by atoms with Gasteiger partial charge in [0.25, 0.3) is 11.8 Å². The highest BCUT2D eigenvalue weighted by atomic mass is 35.5. The van der Waals surface area contributed by atoms with Gasteiger partial charge in [-0.05, 0) is 29.3 Å². The highest BCUT2D eigenvalue weighted by molar-refractivity contribution is 6.35. The predicted octanol–water partition coefficient (Wildman–Crippen LogP) is 3.19. The maximum Gasteiger partial charge on any atom is 0.296 e. The molecular weight excluding hydrogens is 330 g/mol. The first-order chi connectivity index (χ1) is 11.5. The van der Waals surface area contributed by atoms with Gasteiger partial charge >= 0.3 is 0 Å². The summed E-state index contributed by atoms with van der Waals surface area (Å²) in [6.45, 7) is 0.00105. The minimum Gasteiger partial charge on any atom is -0.502 e. The van der Waals surface area contributed by atoms with Crippen molar-refractivity contribution in [1.29, 1.82) is 0 Å². The van der Waals surface area contributed by atoms with E-state index in [1.165, 1.54) is 7.11 Å². The Bertz CT molecular complexity index is 842. The number of aliphatic hydroxyl groups excluding tert-OH is 1. The molecule has 1 aliphatic rings. The quantitative estimate of drug-likeness (QED) is 0.866. The van der Waals surface area contributed by atoms with E-state index in [9.17, 15) is 14.7 Å². The summed E-state index contributed by atoms with van der Waals surface area (Å²) in [7, 11) is 1.53. The summed E-state index contributed by atoms with van der Waals surface area (Å²) < 4.78 is 5.06. The summed E-state index contributed by atoms with van der Waals surface area (Å²) in [4.78, 5) is 25.9. The number of methoxy groups -OCH3 is 1. The van der Waals surface area contributed by atoms with Gasteiger partial charge < -0.3 is 9.84 Å². The summed E-state index contributed by atoms with van der Waals surface area (Å²) in [5, 5.41) is 10.6. The molecule has 1 N–H and O–H groups in total. The topological polar surface area (TPSA) is 66.8 Å². The van der Waals surface area contributed by atoms with Crippen molar-refractivity contribution in [3.63, 3.8) is 0 Å². The normalized spacial score (nSPS) is 14.5. The molecule has 0 spiro atoms. The average Bonchev–Trinajstić information content (AvgIpc) is 2.80. The zero-order valence-electron chi connectivity index (χ0n) is 12.8. The molecule has 2 amide bonds. The summed E-state index contributed by atoms with van der Waals surface area (Å²) >= 11 is 6.08. The van der Waals surface area contributed by atoms with Gasteiger partial charge in [-0.25, -0.2) is 0 Å². The van der Waals surface area contributed by atoms with Gasteiger partial charge in [0.05, 0.1) is 19.2 Å². The van der Waals surface area contributed by atoms with Crippen molar-refractivity contribution in [2.45, 2.75) is 6.54 Å². The van der Waals surface area contributed by atoms with Gasteiger partial charge in [-0.2, -0.15) is 0 Å². The number of aliphatic hydroxyl groups is 1. The fourth-order valence-electron chi connectivity index (χ4n) is 2.52. The summed E-state index contributed by atoms with van der Waals surface area (Å²) in [6, 6.07) is 13.5. The molecule has 122 valence electrons. The number of carbonyl (C=O) groups is 2. The molecule has 1 heterocycles. The number of rotatable bonds is 4. The summed E-state index contributed by atoms with van der Waals surface area (Å²) in [5.74, 6) is -1.23. The monoisotopic (exact) mass is 343 g/mol. The van der Waals surface area contributed by atoms with Gasteiger partial charge in [0.2, 0.25) is 0 Å². The maximum absolute atomic E-state index is 12.6. The standard InChI is InChI=1S/C18H14ClNO4/c1-24-13-8-6-11(7-9-13)15-16(21)18(23)20(17(15)22)10-12-4-2-3-5-14(12)19/h2-9,21H,10H2,1H3. The summed E-state index contributed by atoms with van der Waals surface area (Å²) in [6.07, 6.45) is 0. The van der Waals surface area contributed by atoms with E-state index in [1.54, 1.807) is 48.5 Å². The van der Waals surface area contributed by atoms with E-state index < -0.39 is 17.6 Å². The summed E-state index contributed by atoms with van der Waals surface area (Å²) in [5.41, 5.74) is 1.06. The van der Waals surface area contributed by atoms with E-state index >= 15 is 0 Å². The molecule has 0 atom stereocenters. The lowest BCUT2D eigenvalue weighted by Gasteiger charge is -2.15. The molecule has 6 heteroatoms. The predicted molar refractivity (Wildman–Crippen MR) is 89.6 cm³/mol. The van der Waals surface area contributed by atoms with Crippen molar-refractivity contribution < 1.29 is 19.4 Å². The zero-order chi connectivity index (χ0) is 17.3. The molecule has 0 radical (unpaired) electrons. The second kappa shape index (κ2) is 6.37. The number of hydrogen-bond donors (Lipinski definition) is 1. The van der Waals surface area contributed by atoms with Crippen LogP contribution in [0.3, 0.4) is 0 Å². The van der Waals surface area contributed by atoms with Crippen molar-refractivity contribution in [3.8, 4) is 5.75 Å². The highest BCUT2D eigenvalue weighted by Crippen LogP contribution is 2.31. The van der Waals surface area contributed by atoms with Gasteiger partial charge in [0, 0.05) is 5.02 Å². The molecule has 24 heavy (non-hydrogen) atoms. The molecule has 2 aromatic carbocycles. The lowest BCUT2D eigenvalue weighted by molar-refractivity contribution is -0.138. The molecule has 0 unspecified atom stereocenters. The van der Waals surface area contributed by atoms with Crippen molar-refractivity contribution in [1.82, 2.24) is 4.90 Å². The van der Waals surface area contributed by atoms with E-state index in [-0.39, 0.29) is 12.1 Å². The lowest BCUT2D eigenvalue weighted by atomic mass is 10.1. The Morgan fingerprint density at radius 3 is 2.33 bits per heavy atom. The van der Waals surface area contributed by atoms with Crippen LogP contribution in [0.25, 0.3) is 5.57 Å². The SMILES string of the molecule is COc1ccc(C2=C(O)C(=O)N(Cc3ccccc3Cl)C2=O)cc1. The van der Waals surface area contributed by atoms with E-state index in [1.807, 2.05) is 0 Å². The fraction of sp³-hybridized carbons (Fsp3) is 0.111. The molecular formula is C18H14ClNO4. The van der Waals surface area contributed by atoms with E-state index in [0.29, 0.717) is 21.9 Å². The van der Waals surface area contributed by atoms with Crippen molar-refractivity contribution in [2.75, 3.05) is 7.11 Å². The number of carbonyl (C=O) groups excluding carboxylic acids is 2. The van der Waals surface area contributed by atoms with Gasteiger partial charge in [0.15, 0.2) is 5.76 Å². The third-order valence-electron chi connectivity index (χ3n) is 3.81. The molecule has 0 aliphatic carbocycles. The lowest BCUT2D eigenvalue weighted by Crippen LogP contribution is -2.31. The molecule has 2 aromatic rings. The molecule has 0 saturated heterocycles. The minimum absolute atomic E-state index is 0.00105. The smallest absolute Gasteiger partial charge is 0.296 e. The zero-order valence-corrected chi connectivity index (χ0v) is 13.6. The fourth-order valence-corrected chi connectivity index (χ4v) is 2.72. The van der Waals surface area contributed by atoms with Gasteiger partial charge in [0.1, 0.15) is 5.75 Å². The Balaban J connectivity index is 1.91. The number of imide groups is 1. The molecule has 0 saturated carbocycles. The minimum atomic E-state index is -0.731. The Kier molecular flexibility index (Phi) is 4.27. The van der Waals surface area contributed by atoms with Crippen LogP contribution in [0.4, 0.5) is 0 Å². The second-order valence-corrected chi connectivity index (χ2v) is 5.65. The molecule has 3 rings (SSSR count). The van der Waals surface area contributed by atoms with Crippen molar-refractivity contribution >= 4 is 29.0 Å². The van der Waals surface area contributed by atoms with E-state index in [2.05, 4.69) is 0 Å². The Morgan fingerprint density at radius 1 is 1.04 bits per heavy atom. The Labute approximate surface area is 143 Å². The van der Waals surface area contributed by atoms with Crippen LogP contribution in [0.15, 0.2) is 54.3 Å². The third-order valence-corrected chi connectivity index (χ3v) is 4.18. The molecule has 1 aliphatic heterocycles. The molecule has 0 aromatic heterocycles. The van der Waals surface area contributed by atoms with Crippen LogP contribution in [-0.2, 0) is 16.1 Å². The largest absolute Gasteiger partial charge is 0.502 e. The van der Waals surface area contributed by atoms with Crippen LogP contribution < -0.4 is 4.74 Å². The first-order valence-corrected chi connectivity index (χ1v) is 7.58. The van der Waals surface area contributed by atoms with Gasteiger partial charge in [-0.1, -0.05) is 41.9 Å². The third kappa shape index (κ3) is 2.74. The van der Waals surface area contributed by atoms with Crippen LogP contribution >= 0.6 is 11.6 Å². The molecule has 0 fully saturated rings. The van der Waals surface area contributed by atoms with Crippen molar-refractivity contribution in [3.05, 3.63) is 70.4 Å². The maximum atomic E-state index is 12.6. The van der Waals surface area contributed by atoms with Crippen LogP contribution in [0, 0.1) is 0 Å². The van der Waals surface area contributed by atoms with Crippen molar-refractivity contribution in [2.24, 2.45) is 0 Å². The Hall–Kier alpha value is -2.79. The average molecular weight is 344 g/mol. The first-order valence-electron chi connectivity index (χ1n) is 7.20. The van der Waals surface area contributed by atoms with E-state index in [0.717, 1.165) is 4.90 Å². The van der Waals surface area contributed by atoms with E-state index in [4.69, 9.17) is 16.3 Å². The molecule has 5 nitrogen and oxygen atoms in total. The number of nitrogens with zero attached hydrogens (tertiary/aromatic N) is 1. The van der Waals surface area contributed by atoms with Crippen LogP contribution in [0.1, 0.15) is 11.1 Å². The second-order valence-electron chi connectivity index (χ2n) is 5.24. The number of amides is 2. The number of hydrogen-bond acceptors (Lipinski definition) is 4. The van der Waals surface area contributed by atoms with Crippen LogP contribution in [0.2, 0.25) is 5.02 Å². The highest BCUT2D eigenvalue weighted by Gasteiger charge is 2.39. The van der Waals surface area contributed by atoms with Crippen LogP contribution in [-0.4, -0.2) is 28.9 Å². The van der Waals surface area contributed by atoms with Crippen LogP contribution in [0.5, 0.6) is 5.75 Å². The number of ether oxygens (including phenoxy) is 1. The van der Waals surface area contributed by atoms with Gasteiger partial charge in [-0.15, -0.1) is 0 Å². The van der Waals surface area contributed by atoms with Gasteiger partial charge in [-0.3, -0.25) is 14.5 Å². The first kappa shape index (κ1) is 16.1. The number of halogens is 1.